The molecule has 0 spiro atoms. The number of rotatable bonds is 9. The van der Waals surface area contributed by atoms with Crippen molar-refractivity contribution in [2.75, 3.05) is 23.8 Å². The summed E-state index contributed by atoms with van der Waals surface area (Å²) in [7, 11) is 0. The zero-order valence-corrected chi connectivity index (χ0v) is 20.0. The molecule has 2 atom stereocenters. The number of nitrogens with two attached hydrogens (primary N) is 2. The minimum absolute atomic E-state index is 0.0251. The molecule has 188 valence electrons. The Kier molecular flexibility index (Phi) is 7.07. The van der Waals surface area contributed by atoms with E-state index < -0.39 is 41.8 Å². The van der Waals surface area contributed by atoms with Crippen LogP contribution in [-0.4, -0.2) is 68.2 Å². The maximum Gasteiger partial charge on any atom is 0.344 e. The smallest absolute Gasteiger partial charge is 0.344 e. The topological polar surface area (TPSA) is 217 Å². The lowest BCUT2D eigenvalue weighted by molar-refractivity contribution is -0.688. The van der Waals surface area contributed by atoms with Gasteiger partial charge in [0.1, 0.15) is 17.1 Å². The van der Waals surface area contributed by atoms with Crippen LogP contribution in [0.15, 0.2) is 46.3 Å². The molecule has 4 heterocycles. The molecule has 2 aromatic heterocycles. The molecule has 0 bridgehead atoms. The number of aromatic nitrogens is 2. The number of nitrogens with one attached hydrogen (secondary N) is 1. The van der Waals surface area contributed by atoms with E-state index in [0.717, 1.165) is 16.2 Å². The predicted octanol–water partition coefficient (Wildman–Crippen LogP) is -2.50. The van der Waals surface area contributed by atoms with Crippen LogP contribution in [0, 0.1) is 0 Å². The van der Waals surface area contributed by atoms with Crippen LogP contribution in [0.25, 0.3) is 0 Å². The summed E-state index contributed by atoms with van der Waals surface area (Å²) in [4.78, 5) is 58.2. The lowest BCUT2D eigenvalue weighted by atomic mass is 10.0. The van der Waals surface area contributed by atoms with Crippen molar-refractivity contribution < 1.29 is 38.8 Å². The minimum atomic E-state index is -1.51. The third-order valence-corrected chi connectivity index (χ3v) is 7.12. The highest BCUT2D eigenvalue weighted by molar-refractivity contribution is 8.00. The number of β-lactam (4-membered cyclic amide) rings is 1. The molecule has 0 radical (unpaired) electrons. The standard InChI is InChI=1S/C20H19N7O7S2/c21-10-2-1-3-26(5-10)4-9-7-35-18-14(17(31)27(18)15(9)19(32)33)24-16(30)13(25-34-6-12(28)29)11-8-36-20(22)23-11/h1-3,5,8,14,18H,4,6-7,21H2,(H4-,22,23,24,28,29,30,32,33)/b25-13-/t14?,18-/m1/s1. The van der Waals surface area contributed by atoms with Gasteiger partial charge in [0.15, 0.2) is 29.8 Å². The summed E-state index contributed by atoms with van der Waals surface area (Å²) >= 11 is 2.29. The quantitative estimate of drug-likeness (QED) is 0.114. The molecule has 2 aromatic rings. The summed E-state index contributed by atoms with van der Waals surface area (Å²) in [5, 5.41) is 27.6. The van der Waals surface area contributed by atoms with Crippen LogP contribution < -0.4 is 26.5 Å². The van der Waals surface area contributed by atoms with Gasteiger partial charge in [-0.2, -0.15) is 4.57 Å². The summed E-state index contributed by atoms with van der Waals surface area (Å²) in [6.07, 6.45) is 3.35. The number of carboxylic acid groups (broad SMARTS) is 2. The van der Waals surface area contributed by atoms with E-state index in [2.05, 4.69) is 20.3 Å². The average molecular weight is 534 g/mol. The number of carbonyl (C=O) groups excluding carboxylic acids is 3. The van der Waals surface area contributed by atoms with E-state index in [-0.39, 0.29) is 34.5 Å². The number of fused-ring (bicyclic) bond motifs is 1. The van der Waals surface area contributed by atoms with Gasteiger partial charge in [-0.25, -0.2) is 9.78 Å². The van der Waals surface area contributed by atoms with Crippen molar-refractivity contribution >= 4 is 63.4 Å². The largest absolute Gasteiger partial charge is 0.543 e. The first-order valence-corrected chi connectivity index (χ1v) is 12.1. The molecule has 0 aromatic carbocycles. The normalized spacial score (nSPS) is 19.4. The maximum atomic E-state index is 12.9. The first kappa shape index (κ1) is 24.9. The molecule has 4 rings (SSSR count). The summed E-state index contributed by atoms with van der Waals surface area (Å²) < 4.78 is 1.69. The molecule has 2 amide bonds. The minimum Gasteiger partial charge on any atom is -0.543 e. The molecular formula is C20H19N7O7S2. The number of nitrogen functional groups attached to an aromatic ring is 2. The Morgan fingerprint density at radius 2 is 2.17 bits per heavy atom. The Morgan fingerprint density at radius 3 is 2.81 bits per heavy atom. The number of aliphatic carboxylic acids is 2. The van der Waals surface area contributed by atoms with Crippen LogP contribution >= 0.6 is 23.1 Å². The molecule has 1 unspecified atom stereocenters. The molecule has 36 heavy (non-hydrogen) atoms. The Balaban J connectivity index is 1.53. The summed E-state index contributed by atoms with van der Waals surface area (Å²) in [6, 6.07) is 2.33. The summed E-state index contributed by atoms with van der Waals surface area (Å²) in [6.45, 7) is -0.628. The third kappa shape index (κ3) is 5.08. The number of amides is 2. The van der Waals surface area contributed by atoms with Crippen LogP contribution in [0.2, 0.25) is 0 Å². The van der Waals surface area contributed by atoms with Crippen molar-refractivity contribution in [3.8, 4) is 0 Å². The van der Waals surface area contributed by atoms with Gasteiger partial charge < -0.3 is 36.6 Å². The predicted molar refractivity (Wildman–Crippen MR) is 125 cm³/mol. The van der Waals surface area contributed by atoms with E-state index in [1.165, 1.54) is 17.1 Å². The monoisotopic (exact) mass is 533 g/mol. The van der Waals surface area contributed by atoms with E-state index in [9.17, 15) is 24.3 Å². The van der Waals surface area contributed by atoms with Gasteiger partial charge in [-0.1, -0.05) is 5.16 Å². The second kappa shape index (κ2) is 10.2. The number of thiazole rings is 1. The number of hydrogen-bond acceptors (Lipinski definition) is 12. The van der Waals surface area contributed by atoms with E-state index in [1.807, 2.05) is 0 Å². The summed E-state index contributed by atoms with van der Waals surface area (Å²) in [5.74, 6) is -4.09. The van der Waals surface area contributed by atoms with Gasteiger partial charge in [-0.05, 0) is 6.07 Å². The van der Waals surface area contributed by atoms with Gasteiger partial charge >= 0.3 is 5.97 Å². The Labute approximate surface area is 211 Å². The molecule has 6 N–H and O–H groups in total. The number of oxime groups is 1. The SMILES string of the molecule is Nc1ccc[n+](CC2=C(C(=O)[O-])N3C(=O)C(NC(=O)/C(=N\OCC(=O)O)c4csc(N)n4)[C@H]3SC2)c1. The van der Waals surface area contributed by atoms with Crippen LogP contribution in [-0.2, 0) is 30.6 Å². The van der Waals surface area contributed by atoms with E-state index in [1.54, 1.807) is 29.1 Å². The Morgan fingerprint density at radius 1 is 1.39 bits per heavy atom. The highest BCUT2D eigenvalue weighted by atomic mass is 32.2. The second-order valence-corrected chi connectivity index (χ2v) is 9.58. The molecule has 14 nitrogen and oxygen atoms in total. The number of carbonyl (C=O) groups is 4. The lowest BCUT2D eigenvalue weighted by Gasteiger charge is -2.50. The lowest BCUT2D eigenvalue weighted by Crippen LogP contribution is -2.71. The molecule has 0 saturated carbocycles. The fourth-order valence-electron chi connectivity index (χ4n) is 3.62. The first-order chi connectivity index (χ1) is 17.2. The van der Waals surface area contributed by atoms with Crippen molar-refractivity contribution in [2.45, 2.75) is 18.0 Å². The van der Waals surface area contributed by atoms with Gasteiger partial charge in [0.05, 0.1) is 17.4 Å². The Hall–Kier alpha value is -4.18. The molecule has 2 aliphatic heterocycles. The fourth-order valence-corrected chi connectivity index (χ4v) is 5.50. The number of carboxylic acids is 2. The van der Waals surface area contributed by atoms with Gasteiger partial charge in [0.25, 0.3) is 11.8 Å². The molecule has 16 heteroatoms. The number of nitrogens with zero attached hydrogens (tertiary/aromatic N) is 4. The molecule has 1 fully saturated rings. The van der Waals surface area contributed by atoms with E-state index in [4.69, 9.17) is 16.6 Å². The zero-order chi connectivity index (χ0) is 26.0. The van der Waals surface area contributed by atoms with Crippen LogP contribution in [0.5, 0.6) is 0 Å². The van der Waals surface area contributed by atoms with Crippen molar-refractivity contribution in [1.29, 1.82) is 0 Å². The van der Waals surface area contributed by atoms with Crippen molar-refractivity contribution in [2.24, 2.45) is 5.16 Å². The van der Waals surface area contributed by atoms with E-state index in [0.29, 0.717) is 11.3 Å². The maximum absolute atomic E-state index is 12.9. The van der Waals surface area contributed by atoms with Crippen LogP contribution in [0.1, 0.15) is 5.69 Å². The molecular weight excluding hydrogens is 514 g/mol. The van der Waals surface area contributed by atoms with Crippen LogP contribution in [0.4, 0.5) is 10.8 Å². The number of pyridine rings is 1. The van der Waals surface area contributed by atoms with Gasteiger partial charge in [0, 0.05) is 22.8 Å². The molecule has 2 aliphatic rings. The van der Waals surface area contributed by atoms with Crippen LogP contribution in [0.3, 0.4) is 0 Å². The van der Waals surface area contributed by atoms with E-state index >= 15 is 0 Å². The molecule has 0 aliphatic carbocycles. The fraction of sp³-hybridized carbons (Fsp3) is 0.250. The van der Waals surface area contributed by atoms with Gasteiger partial charge in [-0.3, -0.25) is 14.5 Å². The highest BCUT2D eigenvalue weighted by Gasteiger charge is 2.53. The number of hydrogen-bond donors (Lipinski definition) is 4. The van der Waals surface area contributed by atoms with Gasteiger partial charge in [-0.15, -0.1) is 23.1 Å². The van der Waals surface area contributed by atoms with Crippen molar-refractivity contribution in [1.82, 2.24) is 15.2 Å². The van der Waals surface area contributed by atoms with Crippen molar-refractivity contribution in [3.63, 3.8) is 0 Å². The van der Waals surface area contributed by atoms with Gasteiger partial charge in [0.2, 0.25) is 6.61 Å². The highest BCUT2D eigenvalue weighted by Crippen LogP contribution is 2.40. The second-order valence-electron chi connectivity index (χ2n) is 7.59. The Bertz CT molecular complexity index is 1310. The zero-order valence-electron chi connectivity index (χ0n) is 18.3. The number of anilines is 2. The third-order valence-electron chi connectivity index (χ3n) is 5.11. The number of thioether (sulfide) groups is 1. The first-order valence-electron chi connectivity index (χ1n) is 10.2. The average Bonchev–Trinajstić information content (AvgIpc) is 3.25. The summed E-state index contributed by atoms with van der Waals surface area (Å²) in [5.41, 5.74) is 11.7. The van der Waals surface area contributed by atoms with Crippen molar-refractivity contribution in [3.05, 3.63) is 46.9 Å². The molecule has 1 saturated heterocycles.